The van der Waals surface area contributed by atoms with Gasteiger partial charge >= 0.3 is 7.48 Å². The van der Waals surface area contributed by atoms with E-state index < -0.39 is 0 Å². The molecular weight excluding hydrogens is 425 g/mol. The SMILES string of the molecule is O[B]c1c2ccccc2c(-c2ccc(N(c3ccccc3)c3ccccc3)cc2)c2ccccc12. The van der Waals surface area contributed by atoms with E-state index in [0.29, 0.717) is 0 Å². The van der Waals surface area contributed by atoms with Crippen molar-refractivity contribution in [2.45, 2.75) is 0 Å². The Morgan fingerprint density at radius 3 is 1.29 bits per heavy atom. The quantitative estimate of drug-likeness (QED) is 0.220. The molecule has 0 unspecified atom stereocenters. The molecule has 6 aromatic carbocycles. The summed E-state index contributed by atoms with van der Waals surface area (Å²) in [6.45, 7) is 0. The first kappa shape index (κ1) is 21.2. The van der Waals surface area contributed by atoms with Crippen molar-refractivity contribution < 1.29 is 5.02 Å². The smallest absolute Gasteiger partial charge is 0.328 e. The summed E-state index contributed by atoms with van der Waals surface area (Å²) < 4.78 is 0. The molecule has 165 valence electrons. The second-order valence-electron chi connectivity index (χ2n) is 8.56. The number of fused-ring (bicyclic) bond motifs is 2. The maximum Gasteiger partial charge on any atom is 0.328 e. The second-order valence-corrected chi connectivity index (χ2v) is 8.56. The normalized spacial score (nSPS) is 11.0. The summed E-state index contributed by atoms with van der Waals surface area (Å²) in [4.78, 5) is 2.27. The molecule has 0 saturated heterocycles. The van der Waals surface area contributed by atoms with Crippen LogP contribution in [0, 0.1) is 0 Å². The van der Waals surface area contributed by atoms with Gasteiger partial charge in [-0.2, -0.15) is 0 Å². The molecule has 1 N–H and O–H groups in total. The molecular formula is C32H23BNO. The summed E-state index contributed by atoms with van der Waals surface area (Å²) in [7, 11) is 1.23. The standard InChI is InChI=1S/C32H23BNO/c35-33-32-29-17-9-7-15-27(29)31(28-16-8-10-18-30(28)32)23-19-21-26(22-20-23)34(24-11-3-1-4-12-24)25-13-5-2-6-14-25/h1-22,35H. The fraction of sp³-hybridized carbons (Fsp3) is 0. The highest BCUT2D eigenvalue weighted by Gasteiger charge is 2.16. The summed E-state index contributed by atoms with van der Waals surface area (Å²) in [6.07, 6.45) is 0. The molecule has 0 bridgehead atoms. The van der Waals surface area contributed by atoms with Gasteiger partial charge < -0.3 is 9.92 Å². The zero-order valence-electron chi connectivity index (χ0n) is 19.2. The molecule has 0 atom stereocenters. The summed E-state index contributed by atoms with van der Waals surface area (Å²) >= 11 is 0. The average Bonchev–Trinajstić information content (AvgIpc) is 2.93. The minimum atomic E-state index is 0.857. The van der Waals surface area contributed by atoms with Crippen LogP contribution in [0.1, 0.15) is 0 Å². The molecule has 0 fully saturated rings. The fourth-order valence-corrected chi connectivity index (χ4v) is 4.99. The van der Waals surface area contributed by atoms with E-state index in [0.717, 1.165) is 49.6 Å². The first-order valence-corrected chi connectivity index (χ1v) is 11.8. The molecule has 0 amide bonds. The second kappa shape index (κ2) is 9.13. The molecule has 0 saturated carbocycles. The average molecular weight is 448 g/mol. The fourth-order valence-electron chi connectivity index (χ4n) is 4.99. The lowest BCUT2D eigenvalue weighted by molar-refractivity contribution is 0.616. The van der Waals surface area contributed by atoms with E-state index in [1.807, 2.05) is 24.3 Å². The van der Waals surface area contributed by atoms with Crippen LogP contribution in [0.5, 0.6) is 0 Å². The molecule has 6 aromatic rings. The third kappa shape index (κ3) is 3.76. The van der Waals surface area contributed by atoms with Crippen molar-refractivity contribution in [1.29, 1.82) is 0 Å². The van der Waals surface area contributed by atoms with E-state index in [4.69, 9.17) is 0 Å². The molecule has 0 spiro atoms. The van der Waals surface area contributed by atoms with Gasteiger partial charge in [-0.3, -0.25) is 0 Å². The van der Waals surface area contributed by atoms with Crippen molar-refractivity contribution in [3.63, 3.8) is 0 Å². The van der Waals surface area contributed by atoms with E-state index in [1.165, 1.54) is 13.0 Å². The van der Waals surface area contributed by atoms with Crippen LogP contribution >= 0.6 is 0 Å². The van der Waals surface area contributed by atoms with Gasteiger partial charge in [0, 0.05) is 17.1 Å². The molecule has 1 radical (unpaired) electrons. The highest BCUT2D eigenvalue weighted by molar-refractivity contribution is 6.55. The van der Waals surface area contributed by atoms with Crippen molar-refractivity contribution >= 4 is 51.6 Å². The maximum atomic E-state index is 10.1. The van der Waals surface area contributed by atoms with Crippen LogP contribution in [0.2, 0.25) is 0 Å². The molecule has 6 rings (SSSR count). The summed E-state index contributed by atoms with van der Waals surface area (Å²) in [6, 6.07) is 46.2. The van der Waals surface area contributed by atoms with E-state index in [9.17, 15) is 5.02 Å². The summed E-state index contributed by atoms with van der Waals surface area (Å²) in [5.74, 6) is 0. The minimum Gasteiger partial charge on any atom is -0.450 e. The van der Waals surface area contributed by atoms with E-state index in [2.05, 4.69) is 114 Å². The molecule has 0 aliphatic carbocycles. The van der Waals surface area contributed by atoms with Gasteiger partial charge in [-0.1, -0.05) is 97.1 Å². The van der Waals surface area contributed by atoms with Crippen molar-refractivity contribution in [2.24, 2.45) is 0 Å². The zero-order valence-corrected chi connectivity index (χ0v) is 19.2. The Morgan fingerprint density at radius 2 is 0.829 bits per heavy atom. The Balaban J connectivity index is 1.54. The lowest BCUT2D eigenvalue weighted by Gasteiger charge is -2.25. The Bertz CT molecular complexity index is 1520. The highest BCUT2D eigenvalue weighted by Crippen LogP contribution is 2.38. The predicted molar refractivity (Wildman–Crippen MR) is 149 cm³/mol. The van der Waals surface area contributed by atoms with Crippen molar-refractivity contribution in [1.82, 2.24) is 0 Å². The van der Waals surface area contributed by atoms with Crippen LogP contribution < -0.4 is 10.4 Å². The zero-order chi connectivity index (χ0) is 23.6. The van der Waals surface area contributed by atoms with Crippen LogP contribution in [-0.4, -0.2) is 12.5 Å². The number of hydrogen-bond donors (Lipinski definition) is 1. The van der Waals surface area contributed by atoms with Gasteiger partial charge in [0.05, 0.1) is 0 Å². The van der Waals surface area contributed by atoms with Crippen molar-refractivity contribution in [3.05, 3.63) is 133 Å². The predicted octanol–water partition coefficient (Wildman–Crippen LogP) is 7.37. The molecule has 35 heavy (non-hydrogen) atoms. The number of nitrogens with zero attached hydrogens (tertiary/aromatic N) is 1. The number of rotatable bonds is 5. The number of anilines is 3. The van der Waals surface area contributed by atoms with Gasteiger partial charge in [0.25, 0.3) is 0 Å². The van der Waals surface area contributed by atoms with Crippen LogP contribution in [0.25, 0.3) is 32.7 Å². The Hall–Kier alpha value is -4.34. The summed E-state index contributed by atoms with van der Waals surface area (Å²) in [5, 5.41) is 14.4. The van der Waals surface area contributed by atoms with Gasteiger partial charge in [0.1, 0.15) is 0 Å². The Labute approximate surface area is 206 Å². The van der Waals surface area contributed by atoms with Crippen molar-refractivity contribution in [2.75, 3.05) is 4.90 Å². The highest BCUT2D eigenvalue weighted by atomic mass is 16.2. The molecule has 2 nitrogen and oxygen atoms in total. The van der Waals surface area contributed by atoms with Gasteiger partial charge in [-0.25, -0.2) is 0 Å². The molecule has 0 aliphatic rings. The first-order valence-electron chi connectivity index (χ1n) is 11.8. The van der Waals surface area contributed by atoms with Gasteiger partial charge in [-0.15, -0.1) is 0 Å². The minimum absolute atomic E-state index is 0.857. The molecule has 0 aromatic heterocycles. The lowest BCUT2D eigenvalue weighted by Crippen LogP contribution is -2.16. The number of hydrogen-bond acceptors (Lipinski definition) is 2. The third-order valence-electron chi connectivity index (χ3n) is 6.55. The number of benzene rings is 6. The molecule has 0 aliphatic heterocycles. The van der Waals surface area contributed by atoms with Crippen molar-refractivity contribution in [3.8, 4) is 11.1 Å². The van der Waals surface area contributed by atoms with E-state index in [-0.39, 0.29) is 0 Å². The Morgan fingerprint density at radius 1 is 0.429 bits per heavy atom. The van der Waals surface area contributed by atoms with Gasteiger partial charge in [0.2, 0.25) is 0 Å². The largest absolute Gasteiger partial charge is 0.450 e. The van der Waals surface area contributed by atoms with Crippen LogP contribution in [0.4, 0.5) is 17.1 Å². The van der Waals surface area contributed by atoms with E-state index >= 15 is 0 Å². The van der Waals surface area contributed by atoms with Crippen LogP contribution in [0.3, 0.4) is 0 Å². The first-order chi connectivity index (χ1) is 17.3. The molecule has 3 heteroatoms. The summed E-state index contributed by atoms with van der Waals surface area (Å²) in [5.41, 5.74) is 6.51. The lowest BCUT2D eigenvalue weighted by atomic mass is 9.77. The monoisotopic (exact) mass is 448 g/mol. The maximum absolute atomic E-state index is 10.1. The van der Waals surface area contributed by atoms with Gasteiger partial charge in [-0.05, 0) is 74.5 Å². The van der Waals surface area contributed by atoms with Gasteiger partial charge in [0.15, 0.2) is 0 Å². The van der Waals surface area contributed by atoms with E-state index in [1.54, 1.807) is 0 Å². The molecule has 0 heterocycles. The topological polar surface area (TPSA) is 23.5 Å². The van der Waals surface area contributed by atoms with Crippen LogP contribution in [-0.2, 0) is 0 Å². The van der Waals surface area contributed by atoms with Crippen LogP contribution in [0.15, 0.2) is 133 Å². The number of para-hydroxylation sites is 2. The Kier molecular flexibility index (Phi) is 5.54. The third-order valence-corrected chi connectivity index (χ3v) is 6.55.